The first-order valence-electron chi connectivity index (χ1n) is 6.36. The highest BCUT2D eigenvalue weighted by Crippen LogP contribution is 2.23. The highest BCUT2D eigenvalue weighted by Gasteiger charge is 2.15. The molecule has 0 aliphatic carbocycles. The van der Waals surface area contributed by atoms with Crippen LogP contribution in [0, 0.1) is 22.9 Å². The highest BCUT2D eigenvalue weighted by atomic mass is 35.5. The van der Waals surface area contributed by atoms with Crippen molar-refractivity contribution in [2.24, 2.45) is 0 Å². The minimum Gasteiger partial charge on any atom is -0.326 e. The molecule has 2 aromatic rings. The van der Waals surface area contributed by atoms with Crippen molar-refractivity contribution in [2.75, 3.05) is 5.32 Å². The molecule has 0 aromatic heterocycles. The number of carbonyl (C=O) groups is 1. The Hall–Kier alpha value is -2.47. The number of carbonyl (C=O) groups excluding carboxylic acids is 1. The lowest BCUT2D eigenvalue weighted by Gasteiger charge is -2.08. The van der Waals surface area contributed by atoms with Gasteiger partial charge in [-0.25, -0.2) is 4.39 Å². The van der Waals surface area contributed by atoms with E-state index in [9.17, 15) is 19.3 Å². The van der Waals surface area contributed by atoms with Crippen LogP contribution in [0.1, 0.15) is 11.1 Å². The normalized spacial score (nSPS) is 10.3. The summed E-state index contributed by atoms with van der Waals surface area (Å²) in [4.78, 5) is 22.3. The zero-order valence-electron chi connectivity index (χ0n) is 11.6. The van der Waals surface area contributed by atoms with Gasteiger partial charge in [0.1, 0.15) is 5.82 Å². The molecule has 0 bridgehead atoms. The quantitative estimate of drug-likeness (QED) is 0.686. The predicted molar refractivity (Wildman–Crippen MR) is 81.6 cm³/mol. The second-order valence-electron chi connectivity index (χ2n) is 4.68. The number of hydrogen-bond acceptors (Lipinski definition) is 3. The molecule has 0 spiro atoms. The van der Waals surface area contributed by atoms with Gasteiger partial charge in [-0.05, 0) is 25.1 Å². The molecule has 0 aliphatic heterocycles. The van der Waals surface area contributed by atoms with Crippen LogP contribution in [0.4, 0.5) is 15.8 Å². The van der Waals surface area contributed by atoms with Crippen LogP contribution in [0.15, 0.2) is 36.4 Å². The van der Waals surface area contributed by atoms with Crippen molar-refractivity contribution in [1.82, 2.24) is 0 Å². The second-order valence-corrected chi connectivity index (χ2v) is 5.09. The van der Waals surface area contributed by atoms with Crippen LogP contribution < -0.4 is 5.32 Å². The van der Waals surface area contributed by atoms with Gasteiger partial charge in [0.2, 0.25) is 5.91 Å². The number of nitrogens with one attached hydrogen (secondary N) is 1. The monoisotopic (exact) mass is 322 g/mol. The van der Waals surface area contributed by atoms with E-state index < -0.39 is 16.6 Å². The van der Waals surface area contributed by atoms with Gasteiger partial charge < -0.3 is 5.32 Å². The van der Waals surface area contributed by atoms with Crippen molar-refractivity contribution in [1.29, 1.82) is 0 Å². The summed E-state index contributed by atoms with van der Waals surface area (Å²) in [7, 11) is 0. The van der Waals surface area contributed by atoms with Gasteiger partial charge in [-0.3, -0.25) is 14.9 Å². The van der Waals surface area contributed by atoms with Crippen molar-refractivity contribution in [3.05, 3.63) is 68.5 Å². The predicted octanol–water partition coefficient (Wildman–Crippen LogP) is 3.88. The third-order valence-electron chi connectivity index (χ3n) is 3.09. The standard InChI is InChI=1S/C15H12ClFN2O3/c1-9-5-6-10(7-14(9)19(21)22)18-15(20)8-11-12(16)3-2-4-13(11)17/h2-7H,8H2,1H3,(H,18,20). The van der Waals surface area contributed by atoms with E-state index in [-0.39, 0.29) is 28.4 Å². The Kier molecular flexibility index (Phi) is 4.72. The van der Waals surface area contributed by atoms with Gasteiger partial charge in [-0.2, -0.15) is 0 Å². The van der Waals surface area contributed by atoms with Crippen LogP contribution in [0.2, 0.25) is 5.02 Å². The Morgan fingerprint density at radius 2 is 2.09 bits per heavy atom. The zero-order chi connectivity index (χ0) is 16.3. The Morgan fingerprint density at radius 1 is 1.36 bits per heavy atom. The van der Waals surface area contributed by atoms with Gasteiger partial charge in [-0.1, -0.05) is 23.7 Å². The smallest absolute Gasteiger partial charge is 0.274 e. The maximum atomic E-state index is 13.6. The summed E-state index contributed by atoms with van der Waals surface area (Å²) in [6, 6.07) is 8.49. The maximum Gasteiger partial charge on any atom is 0.274 e. The van der Waals surface area contributed by atoms with E-state index in [1.807, 2.05) is 0 Å². The highest BCUT2D eigenvalue weighted by molar-refractivity contribution is 6.31. The van der Waals surface area contributed by atoms with Crippen LogP contribution in [-0.4, -0.2) is 10.8 Å². The van der Waals surface area contributed by atoms with Crippen LogP contribution >= 0.6 is 11.6 Å². The fourth-order valence-corrected chi connectivity index (χ4v) is 2.18. The Balaban J connectivity index is 2.16. The zero-order valence-corrected chi connectivity index (χ0v) is 12.4. The molecule has 1 amide bonds. The first-order valence-corrected chi connectivity index (χ1v) is 6.74. The van der Waals surface area contributed by atoms with Crippen molar-refractivity contribution in [3.63, 3.8) is 0 Å². The van der Waals surface area contributed by atoms with Crippen molar-refractivity contribution >= 4 is 28.9 Å². The molecular formula is C15H12ClFN2O3. The molecule has 22 heavy (non-hydrogen) atoms. The topological polar surface area (TPSA) is 72.2 Å². The first kappa shape index (κ1) is 15.9. The Bertz CT molecular complexity index is 729. The molecule has 7 heteroatoms. The number of nitrogens with zero attached hydrogens (tertiary/aromatic N) is 1. The Morgan fingerprint density at radius 3 is 2.73 bits per heavy atom. The molecule has 5 nitrogen and oxygen atoms in total. The van der Waals surface area contributed by atoms with Gasteiger partial charge >= 0.3 is 0 Å². The number of amides is 1. The third-order valence-corrected chi connectivity index (χ3v) is 3.44. The van der Waals surface area contributed by atoms with Crippen LogP contribution in [-0.2, 0) is 11.2 Å². The minimum absolute atomic E-state index is 0.0864. The van der Waals surface area contributed by atoms with Crippen LogP contribution in [0.5, 0.6) is 0 Å². The van der Waals surface area contributed by atoms with Crippen LogP contribution in [0.25, 0.3) is 0 Å². The van der Waals surface area contributed by atoms with E-state index in [1.165, 1.54) is 30.3 Å². The molecule has 2 rings (SSSR count). The van der Waals surface area contributed by atoms with Gasteiger partial charge in [0, 0.05) is 27.9 Å². The van der Waals surface area contributed by atoms with Gasteiger partial charge in [-0.15, -0.1) is 0 Å². The number of anilines is 1. The van der Waals surface area contributed by atoms with Crippen molar-refractivity contribution in [2.45, 2.75) is 13.3 Å². The van der Waals surface area contributed by atoms with Crippen molar-refractivity contribution < 1.29 is 14.1 Å². The molecule has 0 saturated carbocycles. The van der Waals surface area contributed by atoms with E-state index in [2.05, 4.69) is 5.32 Å². The SMILES string of the molecule is Cc1ccc(NC(=O)Cc2c(F)cccc2Cl)cc1[N+](=O)[O-]. The molecule has 0 atom stereocenters. The van der Waals surface area contributed by atoms with E-state index in [0.717, 1.165) is 0 Å². The molecule has 0 heterocycles. The molecule has 0 unspecified atom stereocenters. The third kappa shape index (κ3) is 3.59. The lowest BCUT2D eigenvalue weighted by atomic mass is 10.1. The number of benzene rings is 2. The lowest BCUT2D eigenvalue weighted by Crippen LogP contribution is -2.15. The van der Waals surface area contributed by atoms with Gasteiger partial charge in [0.25, 0.3) is 5.69 Å². The van der Waals surface area contributed by atoms with E-state index in [0.29, 0.717) is 5.56 Å². The lowest BCUT2D eigenvalue weighted by molar-refractivity contribution is -0.385. The number of nitro groups is 1. The molecule has 0 fully saturated rings. The summed E-state index contributed by atoms with van der Waals surface area (Å²) in [6.45, 7) is 1.60. The molecule has 0 aliphatic rings. The summed E-state index contributed by atoms with van der Waals surface area (Å²) < 4.78 is 13.6. The molecule has 0 saturated heterocycles. The van der Waals surface area contributed by atoms with Gasteiger partial charge in [0.15, 0.2) is 0 Å². The Labute approximate surface area is 130 Å². The van der Waals surface area contributed by atoms with Crippen molar-refractivity contribution in [3.8, 4) is 0 Å². The molecule has 1 N–H and O–H groups in total. The van der Waals surface area contributed by atoms with E-state index in [4.69, 9.17) is 11.6 Å². The molecule has 2 aromatic carbocycles. The maximum absolute atomic E-state index is 13.6. The summed E-state index contributed by atoms with van der Waals surface area (Å²) in [5, 5.41) is 13.5. The number of nitro benzene ring substituents is 1. The number of halogens is 2. The van der Waals surface area contributed by atoms with E-state index >= 15 is 0 Å². The fraction of sp³-hybridized carbons (Fsp3) is 0.133. The number of rotatable bonds is 4. The second kappa shape index (κ2) is 6.53. The molecule has 114 valence electrons. The summed E-state index contributed by atoms with van der Waals surface area (Å²) >= 11 is 5.85. The average Bonchev–Trinajstić information content (AvgIpc) is 2.45. The van der Waals surface area contributed by atoms with Gasteiger partial charge in [0.05, 0.1) is 11.3 Å². The van der Waals surface area contributed by atoms with E-state index in [1.54, 1.807) is 13.0 Å². The summed E-state index contributed by atoms with van der Waals surface area (Å²) in [6.07, 6.45) is -0.257. The average molecular weight is 323 g/mol. The summed E-state index contributed by atoms with van der Waals surface area (Å²) in [5.74, 6) is -1.08. The number of hydrogen-bond donors (Lipinski definition) is 1. The largest absolute Gasteiger partial charge is 0.326 e. The minimum atomic E-state index is -0.572. The molecule has 0 radical (unpaired) electrons. The number of aryl methyl sites for hydroxylation is 1. The van der Waals surface area contributed by atoms with Crippen LogP contribution in [0.3, 0.4) is 0 Å². The summed E-state index contributed by atoms with van der Waals surface area (Å²) in [5.41, 5.74) is 0.750. The fourth-order valence-electron chi connectivity index (χ4n) is 1.95. The molecular weight excluding hydrogens is 311 g/mol. The first-order chi connectivity index (χ1) is 10.4.